The van der Waals surface area contributed by atoms with Gasteiger partial charge in [0, 0.05) is 16.2 Å². The third-order valence-corrected chi connectivity index (χ3v) is 5.57. The van der Waals surface area contributed by atoms with Crippen molar-refractivity contribution in [1.29, 1.82) is 5.26 Å². The fourth-order valence-electron chi connectivity index (χ4n) is 3.13. The lowest BCUT2D eigenvalue weighted by molar-refractivity contribution is 0.342. The average molecular weight is 281 g/mol. The van der Waals surface area contributed by atoms with E-state index in [1.165, 1.54) is 20.9 Å². The van der Waals surface area contributed by atoms with Crippen molar-refractivity contribution in [2.24, 2.45) is 5.41 Å². The minimum absolute atomic E-state index is 0.204. The number of fused-ring (bicyclic) bond motifs is 1. The molecule has 0 bridgehead atoms. The van der Waals surface area contributed by atoms with Gasteiger partial charge in [-0.25, -0.2) is 0 Å². The summed E-state index contributed by atoms with van der Waals surface area (Å²) in [5.41, 5.74) is 2.59. The molecule has 1 heterocycles. The Labute approximate surface area is 124 Å². The second kappa shape index (κ2) is 5.42. The minimum atomic E-state index is -0.204. The highest BCUT2D eigenvalue weighted by molar-refractivity contribution is 7.12. The molecule has 0 spiro atoms. The zero-order valence-corrected chi connectivity index (χ0v) is 12.7. The molecule has 1 atom stereocenters. The first-order valence-electron chi connectivity index (χ1n) is 7.30. The lowest BCUT2D eigenvalue weighted by Crippen LogP contribution is -2.29. The van der Waals surface area contributed by atoms with Crippen LogP contribution in [-0.4, -0.2) is 0 Å². The van der Waals surface area contributed by atoms with Gasteiger partial charge in [-0.3, -0.25) is 0 Å². The highest BCUT2D eigenvalue weighted by Crippen LogP contribution is 2.39. The molecule has 102 valence electrons. The predicted molar refractivity (Wildman–Crippen MR) is 83.9 cm³/mol. The van der Waals surface area contributed by atoms with Gasteiger partial charge in [0.2, 0.25) is 0 Å². The van der Waals surface area contributed by atoms with E-state index in [1.54, 1.807) is 0 Å². The summed E-state index contributed by atoms with van der Waals surface area (Å²) in [4.78, 5) is 2.78. The van der Waals surface area contributed by atoms with E-state index in [4.69, 9.17) is 0 Å². The molecule has 0 N–H and O–H groups in total. The predicted octanol–water partition coefficient (Wildman–Crippen LogP) is 4.55. The quantitative estimate of drug-likeness (QED) is 0.809. The van der Waals surface area contributed by atoms with Gasteiger partial charge >= 0.3 is 0 Å². The van der Waals surface area contributed by atoms with Gasteiger partial charge in [0.15, 0.2) is 0 Å². The Hall–Kier alpha value is -1.59. The van der Waals surface area contributed by atoms with Crippen molar-refractivity contribution in [2.75, 3.05) is 0 Å². The van der Waals surface area contributed by atoms with Crippen LogP contribution in [-0.2, 0) is 25.7 Å². The van der Waals surface area contributed by atoms with Gasteiger partial charge in [0.25, 0.3) is 0 Å². The summed E-state index contributed by atoms with van der Waals surface area (Å²) in [7, 11) is 0. The van der Waals surface area contributed by atoms with Gasteiger partial charge in [0.1, 0.15) is 0 Å². The molecule has 0 amide bonds. The monoisotopic (exact) mass is 281 g/mol. The summed E-state index contributed by atoms with van der Waals surface area (Å²) < 4.78 is 0. The van der Waals surface area contributed by atoms with Gasteiger partial charge in [-0.05, 0) is 48.9 Å². The smallest absolute Gasteiger partial charge is 0.0697 e. The van der Waals surface area contributed by atoms with Crippen LogP contribution in [0.4, 0.5) is 0 Å². The molecule has 20 heavy (non-hydrogen) atoms. The summed E-state index contributed by atoms with van der Waals surface area (Å²) in [6, 6.07) is 15.6. The second-order valence-electron chi connectivity index (χ2n) is 5.74. The van der Waals surface area contributed by atoms with Crippen LogP contribution in [0.5, 0.6) is 0 Å². The normalized spacial score (nSPS) is 21.2. The first-order chi connectivity index (χ1) is 9.74. The number of benzene rings is 1. The highest BCUT2D eigenvalue weighted by Gasteiger charge is 2.35. The van der Waals surface area contributed by atoms with E-state index in [0.717, 1.165) is 32.1 Å². The van der Waals surface area contributed by atoms with Crippen molar-refractivity contribution in [3.8, 4) is 6.07 Å². The Morgan fingerprint density at radius 3 is 2.60 bits per heavy atom. The summed E-state index contributed by atoms with van der Waals surface area (Å²) >= 11 is 1.87. The standard InChI is InChI=1S/C18H19NS/c1-2-16-7-8-17(20-16)12-18(13-19)10-9-14-5-3-4-6-15(14)11-18/h3-8H,2,9-12H2,1H3. The third-order valence-electron chi connectivity index (χ3n) is 4.34. The van der Waals surface area contributed by atoms with Crippen LogP contribution in [0.1, 0.15) is 34.2 Å². The topological polar surface area (TPSA) is 23.8 Å². The molecule has 2 aromatic rings. The number of aryl methyl sites for hydroxylation is 2. The van der Waals surface area contributed by atoms with Crippen LogP contribution in [0, 0.1) is 16.7 Å². The van der Waals surface area contributed by atoms with E-state index in [9.17, 15) is 5.26 Å². The lowest BCUT2D eigenvalue weighted by atomic mass is 9.70. The SMILES string of the molecule is CCc1ccc(CC2(C#N)CCc3ccccc3C2)s1. The summed E-state index contributed by atoms with van der Waals surface area (Å²) in [5.74, 6) is 0. The molecule has 1 aliphatic carbocycles. The molecule has 0 saturated heterocycles. The second-order valence-corrected chi connectivity index (χ2v) is 6.99. The van der Waals surface area contributed by atoms with E-state index >= 15 is 0 Å². The van der Waals surface area contributed by atoms with Crippen molar-refractivity contribution in [2.45, 2.75) is 39.0 Å². The van der Waals surface area contributed by atoms with Crippen molar-refractivity contribution < 1.29 is 0 Å². The zero-order valence-electron chi connectivity index (χ0n) is 11.9. The number of rotatable bonds is 3. The minimum Gasteiger partial charge on any atom is -0.198 e. The van der Waals surface area contributed by atoms with Gasteiger partial charge in [-0.15, -0.1) is 11.3 Å². The Balaban J connectivity index is 1.85. The largest absolute Gasteiger partial charge is 0.198 e. The van der Waals surface area contributed by atoms with E-state index in [2.05, 4.69) is 49.4 Å². The van der Waals surface area contributed by atoms with Crippen molar-refractivity contribution in [3.05, 3.63) is 57.3 Å². The zero-order chi connectivity index (χ0) is 14.0. The van der Waals surface area contributed by atoms with Gasteiger partial charge in [-0.1, -0.05) is 31.2 Å². The summed E-state index contributed by atoms with van der Waals surface area (Å²) in [6.45, 7) is 2.19. The number of nitrogens with zero attached hydrogens (tertiary/aromatic N) is 1. The molecule has 1 aromatic heterocycles. The Morgan fingerprint density at radius 2 is 1.90 bits per heavy atom. The third kappa shape index (κ3) is 2.51. The highest BCUT2D eigenvalue weighted by atomic mass is 32.1. The summed E-state index contributed by atoms with van der Waals surface area (Å²) in [6.07, 6.45) is 4.92. The number of nitriles is 1. The Morgan fingerprint density at radius 1 is 1.15 bits per heavy atom. The Kier molecular flexibility index (Phi) is 3.63. The van der Waals surface area contributed by atoms with Crippen molar-refractivity contribution >= 4 is 11.3 Å². The number of hydrogen-bond acceptors (Lipinski definition) is 2. The average Bonchev–Trinajstić information content (AvgIpc) is 2.94. The molecule has 1 aliphatic rings. The maximum absolute atomic E-state index is 9.75. The van der Waals surface area contributed by atoms with Crippen molar-refractivity contribution in [3.63, 3.8) is 0 Å². The van der Waals surface area contributed by atoms with Crippen LogP contribution >= 0.6 is 11.3 Å². The van der Waals surface area contributed by atoms with E-state index in [-0.39, 0.29) is 5.41 Å². The molecule has 0 aliphatic heterocycles. The van der Waals surface area contributed by atoms with E-state index in [1.807, 2.05) is 11.3 Å². The van der Waals surface area contributed by atoms with Crippen LogP contribution in [0.2, 0.25) is 0 Å². The molecule has 1 nitrogen and oxygen atoms in total. The maximum Gasteiger partial charge on any atom is 0.0697 e. The molecular formula is C18H19NS. The van der Waals surface area contributed by atoms with E-state index in [0.29, 0.717) is 0 Å². The maximum atomic E-state index is 9.75. The molecule has 0 saturated carbocycles. The first-order valence-corrected chi connectivity index (χ1v) is 8.12. The molecule has 0 fully saturated rings. The van der Waals surface area contributed by atoms with Gasteiger partial charge < -0.3 is 0 Å². The van der Waals surface area contributed by atoms with Crippen LogP contribution in [0.15, 0.2) is 36.4 Å². The van der Waals surface area contributed by atoms with Crippen LogP contribution < -0.4 is 0 Å². The summed E-state index contributed by atoms with van der Waals surface area (Å²) in [5, 5.41) is 9.75. The number of thiophene rings is 1. The fraction of sp³-hybridized carbons (Fsp3) is 0.389. The van der Waals surface area contributed by atoms with Crippen molar-refractivity contribution in [1.82, 2.24) is 0 Å². The Bertz CT molecular complexity index is 649. The lowest BCUT2D eigenvalue weighted by Gasteiger charge is -2.32. The first kappa shape index (κ1) is 13.4. The van der Waals surface area contributed by atoms with Gasteiger partial charge in [-0.2, -0.15) is 5.26 Å². The fourth-order valence-corrected chi connectivity index (χ4v) is 4.23. The molecule has 1 aromatic carbocycles. The van der Waals surface area contributed by atoms with Gasteiger partial charge in [0.05, 0.1) is 11.5 Å². The molecule has 3 rings (SSSR count). The molecule has 1 unspecified atom stereocenters. The molecule has 2 heteroatoms. The molecular weight excluding hydrogens is 262 g/mol. The van der Waals surface area contributed by atoms with Crippen LogP contribution in [0.25, 0.3) is 0 Å². The van der Waals surface area contributed by atoms with Crippen LogP contribution in [0.3, 0.4) is 0 Å². The molecule has 0 radical (unpaired) electrons. The van der Waals surface area contributed by atoms with E-state index < -0.39 is 0 Å². The number of hydrogen-bond donors (Lipinski definition) is 0.